The van der Waals surface area contributed by atoms with Gasteiger partial charge in [0.05, 0.1) is 0 Å². The van der Waals surface area contributed by atoms with E-state index in [1.54, 1.807) is 11.8 Å². The Bertz CT molecular complexity index is 469. The summed E-state index contributed by atoms with van der Waals surface area (Å²) in [5.41, 5.74) is 0.875. The highest BCUT2D eigenvalue weighted by Crippen LogP contribution is 2.28. The second kappa shape index (κ2) is 4.13. The highest BCUT2D eigenvalue weighted by atomic mass is 79.9. The third kappa shape index (κ3) is 1.78. The minimum absolute atomic E-state index is 0.579. The van der Waals surface area contributed by atoms with Crippen molar-refractivity contribution in [2.45, 2.75) is 11.9 Å². The molecule has 0 aromatic carbocycles. The number of imidazole rings is 1. The van der Waals surface area contributed by atoms with Crippen molar-refractivity contribution in [2.24, 2.45) is 0 Å². The molecule has 0 aliphatic heterocycles. The summed E-state index contributed by atoms with van der Waals surface area (Å²) >= 11 is 11.1. The van der Waals surface area contributed by atoms with E-state index >= 15 is 0 Å². The fourth-order valence-electron chi connectivity index (χ4n) is 1.23. The minimum atomic E-state index is 0.579. The Kier molecular flexibility index (Phi) is 3.04. The van der Waals surface area contributed by atoms with Gasteiger partial charge in [-0.25, -0.2) is 4.98 Å². The van der Waals surface area contributed by atoms with Crippen LogP contribution in [0.4, 0.5) is 0 Å². The van der Waals surface area contributed by atoms with Crippen LogP contribution in [0.5, 0.6) is 0 Å². The van der Waals surface area contributed by atoms with Crippen molar-refractivity contribution in [1.82, 2.24) is 9.38 Å². The van der Waals surface area contributed by atoms with Crippen LogP contribution < -0.4 is 0 Å². The molecular weight excluding hydrogens is 284 g/mol. The molecule has 14 heavy (non-hydrogen) atoms. The summed E-state index contributed by atoms with van der Waals surface area (Å²) in [4.78, 5) is 4.27. The predicted octanol–water partition coefficient (Wildman–Crippen LogP) is 3.86. The van der Waals surface area contributed by atoms with Crippen LogP contribution in [0.3, 0.4) is 0 Å². The zero-order valence-corrected chi connectivity index (χ0v) is 10.7. The standard InChI is InChI=1S/C9H8BrClN2S/c1-2-14-9-8(11)12-7-5-6(10)3-4-13(7)9/h3-5H,2H2,1H3. The number of hydrogen-bond donors (Lipinski definition) is 0. The van der Waals surface area contributed by atoms with Crippen molar-refractivity contribution in [2.75, 3.05) is 5.75 Å². The number of rotatable bonds is 2. The van der Waals surface area contributed by atoms with E-state index in [0.717, 1.165) is 20.9 Å². The molecule has 2 nitrogen and oxygen atoms in total. The molecule has 0 saturated carbocycles. The molecule has 74 valence electrons. The van der Waals surface area contributed by atoms with Gasteiger partial charge in [0.25, 0.3) is 0 Å². The Morgan fingerprint density at radius 1 is 1.64 bits per heavy atom. The summed E-state index contributed by atoms with van der Waals surface area (Å²) in [7, 11) is 0. The number of halogens is 2. The molecule has 2 heterocycles. The van der Waals surface area contributed by atoms with E-state index in [0.29, 0.717) is 5.15 Å². The number of fused-ring (bicyclic) bond motifs is 1. The molecule has 0 fully saturated rings. The summed E-state index contributed by atoms with van der Waals surface area (Å²) in [6, 6.07) is 3.93. The summed E-state index contributed by atoms with van der Waals surface area (Å²) < 4.78 is 3.01. The van der Waals surface area contributed by atoms with Crippen LogP contribution in [0.2, 0.25) is 5.15 Å². The predicted molar refractivity (Wildman–Crippen MR) is 64.3 cm³/mol. The second-order valence-electron chi connectivity index (χ2n) is 2.71. The lowest BCUT2D eigenvalue weighted by atomic mass is 10.5. The molecule has 0 amide bonds. The number of pyridine rings is 1. The molecule has 0 aliphatic rings. The van der Waals surface area contributed by atoms with Gasteiger partial charge in [0.1, 0.15) is 10.7 Å². The maximum Gasteiger partial charge on any atom is 0.162 e. The summed E-state index contributed by atoms with van der Waals surface area (Å²) in [6.07, 6.45) is 1.97. The molecule has 0 atom stereocenters. The fraction of sp³-hybridized carbons (Fsp3) is 0.222. The van der Waals surface area contributed by atoms with Gasteiger partial charge in [-0.15, -0.1) is 11.8 Å². The Morgan fingerprint density at radius 3 is 3.14 bits per heavy atom. The normalized spacial score (nSPS) is 11.1. The average molecular weight is 292 g/mol. The van der Waals surface area contributed by atoms with Crippen LogP contribution >= 0.6 is 39.3 Å². The van der Waals surface area contributed by atoms with Gasteiger partial charge in [-0.05, 0) is 17.9 Å². The first-order valence-electron chi connectivity index (χ1n) is 4.18. The molecular formula is C9H8BrClN2S. The zero-order chi connectivity index (χ0) is 10.1. The number of hydrogen-bond acceptors (Lipinski definition) is 2. The van der Waals surface area contributed by atoms with E-state index in [1.807, 2.05) is 22.7 Å². The molecule has 2 aromatic heterocycles. The lowest BCUT2D eigenvalue weighted by molar-refractivity contribution is 1.05. The van der Waals surface area contributed by atoms with E-state index in [-0.39, 0.29) is 0 Å². The smallest absolute Gasteiger partial charge is 0.162 e. The lowest BCUT2D eigenvalue weighted by Crippen LogP contribution is -1.85. The van der Waals surface area contributed by atoms with Crippen LogP contribution in [0.15, 0.2) is 27.8 Å². The Morgan fingerprint density at radius 2 is 2.43 bits per heavy atom. The molecule has 5 heteroatoms. The Labute approximate surface area is 99.8 Å². The topological polar surface area (TPSA) is 17.3 Å². The third-order valence-corrected chi connectivity index (χ3v) is 3.61. The highest BCUT2D eigenvalue weighted by molar-refractivity contribution is 9.10. The van der Waals surface area contributed by atoms with Gasteiger partial charge < -0.3 is 0 Å². The molecule has 0 spiro atoms. The zero-order valence-electron chi connectivity index (χ0n) is 7.50. The van der Waals surface area contributed by atoms with Crippen LogP contribution in [0.1, 0.15) is 6.92 Å². The van der Waals surface area contributed by atoms with Crippen LogP contribution in [0.25, 0.3) is 5.65 Å². The van der Waals surface area contributed by atoms with Gasteiger partial charge in [0.2, 0.25) is 0 Å². The summed E-state index contributed by atoms with van der Waals surface area (Å²) in [5, 5.41) is 1.59. The lowest BCUT2D eigenvalue weighted by Gasteiger charge is -1.99. The van der Waals surface area contributed by atoms with E-state index in [9.17, 15) is 0 Å². The quantitative estimate of drug-likeness (QED) is 0.782. The maximum atomic E-state index is 6.03. The SMILES string of the molecule is CCSc1c(Cl)nc2cc(Br)ccn12. The van der Waals surface area contributed by atoms with E-state index in [4.69, 9.17) is 11.6 Å². The van der Waals surface area contributed by atoms with Gasteiger partial charge in [-0.3, -0.25) is 4.40 Å². The van der Waals surface area contributed by atoms with Crippen molar-refractivity contribution < 1.29 is 0 Å². The van der Waals surface area contributed by atoms with Gasteiger partial charge in [0, 0.05) is 10.7 Å². The molecule has 0 unspecified atom stereocenters. The largest absolute Gasteiger partial charge is 0.293 e. The maximum absolute atomic E-state index is 6.03. The monoisotopic (exact) mass is 290 g/mol. The molecule has 0 saturated heterocycles. The van der Waals surface area contributed by atoms with Crippen LogP contribution in [-0.2, 0) is 0 Å². The molecule has 0 bridgehead atoms. The van der Waals surface area contributed by atoms with E-state index in [1.165, 1.54) is 0 Å². The number of aromatic nitrogens is 2. The highest BCUT2D eigenvalue weighted by Gasteiger charge is 2.09. The van der Waals surface area contributed by atoms with Gasteiger partial charge >= 0.3 is 0 Å². The van der Waals surface area contributed by atoms with Crippen molar-refractivity contribution in [3.05, 3.63) is 28.0 Å². The van der Waals surface area contributed by atoms with E-state index < -0.39 is 0 Å². The fourth-order valence-corrected chi connectivity index (χ4v) is 2.63. The van der Waals surface area contributed by atoms with Crippen molar-refractivity contribution in [1.29, 1.82) is 0 Å². The molecule has 2 rings (SSSR count). The summed E-state index contributed by atoms with van der Waals surface area (Å²) in [5.74, 6) is 0.990. The average Bonchev–Trinajstić information content (AvgIpc) is 2.43. The van der Waals surface area contributed by atoms with Crippen molar-refractivity contribution >= 4 is 44.9 Å². The molecule has 2 aromatic rings. The van der Waals surface area contributed by atoms with E-state index in [2.05, 4.69) is 27.8 Å². The Balaban J connectivity index is 2.64. The van der Waals surface area contributed by atoms with Crippen LogP contribution in [0, 0.1) is 0 Å². The molecule has 0 radical (unpaired) electrons. The first kappa shape index (κ1) is 10.3. The summed E-state index contributed by atoms with van der Waals surface area (Å²) in [6.45, 7) is 2.10. The molecule has 0 N–H and O–H groups in total. The molecule has 0 aliphatic carbocycles. The van der Waals surface area contributed by atoms with Gasteiger partial charge in [0.15, 0.2) is 5.15 Å². The van der Waals surface area contributed by atoms with Gasteiger partial charge in [-0.1, -0.05) is 34.5 Å². The van der Waals surface area contributed by atoms with Crippen molar-refractivity contribution in [3.63, 3.8) is 0 Å². The van der Waals surface area contributed by atoms with Gasteiger partial charge in [-0.2, -0.15) is 0 Å². The Hall–Kier alpha value is -0.190. The first-order chi connectivity index (χ1) is 6.72. The van der Waals surface area contributed by atoms with Crippen LogP contribution in [-0.4, -0.2) is 15.1 Å². The first-order valence-corrected chi connectivity index (χ1v) is 6.34. The third-order valence-electron chi connectivity index (χ3n) is 1.79. The number of thioether (sulfide) groups is 1. The minimum Gasteiger partial charge on any atom is -0.293 e. The van der Waals surface area contributed by atoms with Crippen molar-refractivity contribution in [3.8, 4) is 0 Å². The second-order valence-corrected chi connectivity index (χ2v) is 5.24. The number of nitrogens with zero attached hydrogens (tertiary/aromatic N) is 2.